The summed E-state index contributed by atoms with van der Waals surface area (Å²) < 4.78 is 9.99. The Bertz CT molecular complexity index is 376. The van der Waals surface area contributed by atoms with Gasteiger partial charge in [-0.15, -0.1) is 0 Å². The first kappa shape index (κ1) is 13.1. The summed E-state index contributed by atoms with van der Waals surface area (Å²) in [6, 6.07) is 0. The van der Waals surface area contributed by atoms with Crippen LogP contribution in [0.2, 0.25) is 0 Å². The number of carbonyl (C=O) groups excluding carboxylic acids is 3. The van der Waals surface area contributed by atoms with E-state index in [9.17, 15) is 14.4 Å². The van der Waals surface area contributed by atoms with Crippen molar-refractivity contribution in [2.75, 3.05) is 6.61 Å². The monoisotopic (exact) mass is 254 g/mol. The van der Waals surface area contributed by atoms with Gasteiger partial charge in [0.05, 0.1) is 6.61 Å². The van der Waals surface area contributed by atoms with Crippen molar-refractivity contribution in [1.82, 2.24) is 0 Å². The van der Waals surface area contributed by atoms with E-state index in [2.05, 4.69) is 0 Å². The molecule has 1 saturated carbocycles. The van der Waals surface area contributed by atoms with Crippen molar-refractivity contribution in [2.24, 2.45) is 17.8 Å². The van der Waals surface area contributed by atoms with Gasteiger partial charge in [-0.05, 0) is 25.7 Å². The number of fused-ring (bicyclic) bond motifs is 1. The molecule has 2 aliphatic rings. The summed E-state index contributed by atoms with van der Waals surface area (Å²) in [5.41, 5.74) is 0. The molecule has 18 heavy (non-hydrogen) atoms. The molecule has 0 aromatic heterocycles. The number of hydrogen-bond donors (Lipinski definition) is 0. The molecule has 2 fully saturated rings. The minimum Gasteiger partial charge on any atom is -0.465 e. The Balaban J connectivity index is 2.20. The van der Waals surface area contributed by atoms with Gasteiger partial charge in [-0.1, -0.05) is 6.92 Å². The van der Waals surface area contributed by atoms with Crippen molar-refractivity contribution in [3.8, 4) is 0 Å². The minimum atomic E-state index is -0.913. The Labute approximate surface area is 106 Å². The standard InChI is InChI=1S/C13H18O5/c1-3-17-12(15)10-8-5-4-7(2)6-9(14)11(8)18-13(10)16/h7-8,10-11H,3-6H2,1-2H3/t7-,8+,10-,11-/m1/s1. The molecule has 5 nitrogen and oxygen atoms in total. The van der Waals surface area contributed by atoms with Gasteiger partial charge in [0, 0.05) is 12.3 Å². The third kappa shape index (κ3) is 2.26. The number of hydrogen-bond acceptors (Lipinski definition) is 5. The van der Waals surface area contributed by atoms with Crippen molar-refractivity contribution in [1.29, 1.82) is 0 Å². The molecule has 100 valence electrons. The number of Topliss-reactive ketones (excluding diaryl/α,β-unsaturated/α-hetero) is 1. The molecule has 0 amide bonds. The molecule has 1 saturated heterocycles. The summed E-state index contributed by atoms with van der Waals surface area (Å²) >= 11 is 0. The number of ether oxygens (including phenoxy) is 2. The summed E-state index contributed by atoms with van der Waals surface area (Å²) in [7, 11) is 0. The summed E-state index contributed by atoms with van der Waals surface area (Å²) in [5.74, 6) is -2.20. The fourth-order valence-corrected chi connectivity index (χ4v) is 2.80. The predicted octanol–water partition coefficient (Wildman–Crippen LogP) is 1.10. The van der Waals surface area contributed by atoms with Crippen LogP contribution in [0.5, 0.6) is 0 Å². The Kier molecular flexibility index (Phi) is 3.68. The first-order valence-corrected chi connectivity index (χ1v) is 6.44. The highest BCUT2D eigenvalue weighted by atomic mass is 16.6. The molecule has 2 rings (SSSR count). The van der Waals surface area contributed by atoms with E-state index in [4.69, 9.17) is 9.47 Å². The maximum Gasteiger partial charge on any atom is 0.321 e. The Morgan fingerprint density at radius 1 is 1.39 bits per heavy atom. The Hall–Kier alpha value is -1.39. The summed E-state index contributed by atoms with van der Waals surface area (Å²) in [4.78, 5) is 35.4. The van der Waals surface area contributed by atoms with Crippen LogP contribution in [-0.2, 0) is 23.9 Å². The quantitative estimate of drug-likeness (QED) is 0.545. The highest BCUT2D eigenvalue weighted by Crippen LogP contribution is 2.38. The topological polar surface area (TPSA) is 69.7 Å². The zero-order chi connectivity index (χ0) is 13.3. The van der Waals surface area contributed by atoms with Gasteiger partial charge < -0.3 is 9.47 Å². The lowest BCUT2D eigenvalue weighted by Crippen LogP contribution is -2.31. The first-order chi connectivity index (χ1) is 8.54. The van der Waals surface area contributed by atoms with Crippen molar-refractivity contribution < 1.29 is 23.9 Å². The average molecular weight is 254 g/mol. The van der Waals surface area contributed by atoms with Gasteiger partial charge in [0.1, 0.15) is 0 Å². The lowest BCUT2D eigenvalue weighted by Gasteiger charge is -2.15. The van der Waals surface area contributed by atoms with Crippen molar-refractivity contribution >= 4 is 17.7 Å². The molecular weight excluding hydrogens is 236 g/mol. The van der Waals surface area contributed by atoms with Crippen LogP contribution in [0.1, 0.15) is 33.1 Å². The van der Waals surface area contributed by atoms with Gasteiger partial charge in [-0.2, -0.15) is 0 Å². The Morgan fingerprint density at radius 3 is 2.78 bits per heavy atom. The molecule has 1 aliphatic carbocycles. The molecule has 5 heteroatoms. The van der Waals surface area contributed by atoms with Crippen molar-refractivity contribution in [3.05, 3.63) is 0 Å². The maximum absolute atomic E-state index is 11.9. The summed E-state index contributed by atoms with van der Waals surface area (Å²) in [5, 5.41) is 0. The highest BCUT2D eigenvalue weighted by Gasteiger charge is 2.52. The van der Waals surface area contributed by atoms with Crippen LogP contribution < -0.4 is 0 Å². The van der Waals surface area contributed by atoms with Gasteiger partial charge in [-0.25, -0.2) is 0 Å². The van der Waals surface area contributed by atoms with E-state index in [1.807, 2.05) is 6.92 Å². The molecule has 0 aromatic rings. The van der Waals surface area contributed by atoms with Crippen LogP contribution in [0.15, 0.2) is 0 Å². The van der Waals surface area contributed by atoms with E-state index in [-0.39, 0.29) is 24.2 Å². The SMILES string of the molecule is CCOC(=O)[C@@H]1C(=O)O[C@H]2C(=O)C[C@H](C)CC[C@@H]12. The number of carbonyl (C=O) groups is 3. The van der Waals surface area contributed by atoms with Crippen LogP contribution in [-0.4, -0.2) is 30.4 Å². The highest BCUT2D eigenvalue weighted by molar-refractivity contribution is 6.00. The van der Waals surface area contributed by atoms with Crippen LogP contribution >= 0.6 is 0 Å². The number of rotatable bonds is 2. The zero-order valence-electron chi connectivity index (χ0n) is 10.7. The van der Waals surface area contributed by atoms with E-state index in [0.717, 1.165) is 6.42 Å². The zero-order valence-corrected chi connectivity index (χ0v) is 10.7. The molecule has 0 radical (unpaired) electrons. The second kappa shape index (κ2) is 5.08. The molecule has 1 heterocycles. The smallest absolute Gasteiger partial charge is 0.321 e. The van der Waals surface area contributed by atoms with Crippen molar-refractivity contribution in [3.63, 3.8) is 0 Å². The lowest BCUT2D eigenvalue weighted by molar-refractivity contribution is -0.158. The Morgan fingerprint density at radius 2 is 2.11 bits per heavy atom. The van der Waals surface area contributed by atoms with Crippen LogP contribution in [0.3, 0.4) is 0 Å². The van der Waals surface area contributed by atoms with Crippen LogP contribution in [0.4, 0.5) is 0 Å². The van der Waals surface area contributed by atoms with Crippen LogP contribution in [0, 0.1) is 17.8 Å². The van der Waals surface area contributed by atoms with E-state index in [0.29, 0.717) is 12.8 Å². The van der Waals surface area contributed by atoms with Crippen LogP contribution in [0.25, 0.3) is 0 Å². The number of esters is 2. The van der Waals surface area contributed by atoms with Gasteiger partial charge in [0.25, 0.3) is 0 Å². The normalized spacial score (nSPS) is 35.7. The fourth-order valence-electron chi connectivity index (χ4n) is 2.80. The summed E-state index contributed by atoms with van der Waals surface area (Å²) in [6.45, 7) is 3.92. The van der Waals surface area contributed by atoms with E-state index in [1.165, 1.54) is 0 Å². The molecule has 0 unspecified atom stereocenters. The second-order valence-electron chi connectivity index (χ2n) is 5.10. The molecule has 0 spiro atoms. The average Bonchev–Trinajstić information content (AvgIpc) is 2.57. The van der Waals surface area contributed by atoms with Gasteiger partial charge in [0.2, 0.25) is 0 Å². The van der Waals surface area contributed by atoms with E-state index in [1.54, 1.807) is 6.92 Å². The number of ketones is 1. The first-order valence-electron chi connectivity index (χ1n) is 6.44. The third-order valence-electron chi connectivity index (χ3n) is 3.71. The van der Waals surface area contributed by atoms with Crippen molar-refractivity contribution in [2.45, 2.75) is 39.2 Å². The molecular formula is C13H18O5. The fraction of sp³-hybridized carbons (Fsp3) is 0.769. The third-order valence-corrected chi connectivity index (χ3v) is 3.71. The van der Waals surface area contributed by atoms with Gasteiger partial charge in [0.15, 0.2) is 17.8 Å². The van der Waals surface area contributed by atoms with Gasteiger partial charge in [-0.3, -0.25) is 14.4 Å². The van der Waals surface area contributed by atoms with E-state index < -0.39 is 24.0 Å². The summed E-state index contributed by atoms with van der Waals surface area (Å²) in [6.07, 6.45) is 1.17. The van der Waals surface area contributed by atoms with Gasteiger partial charge >= 0.3 is 11.9 Å². The maximum atomic E-state index is 11.9. The predicted molar refractivity (Wildman–Crippen MR) is 61.5 cm³/mol. The van der Waals surface area contributed by atoms with E-state index >= 15 is 0 Å². The largest absolute Gasteiger partial charge is 0.465 e. The molecule has 1 aliphatic heterocycles. The second-order valence-corrected chi connectivity index (χ2v) is 5.10. The molecule has 0 N–H and O–H groups in total. The lowest BCUT2D eigenvalue weighted by atomic mass is 9.86. The molecule has 4 atom stereocenters. The molecule has 0 aromatic carbocycles. The molecule has 0 bridgehead atoms. The minimum absolute atomic E-state index is 0.0647.